The summed E-state index contributed by atoms with van der Waals surface area (Å²) in [5.41, 5.74) is 1.04. The number of amides is 1. The molecule has 8 heteroatoms. The van der Waals surface area contributed by atoms with Crippen molar-refractivity contribution in [2.75, 3.05) is 18.4 Å². The maximum absolute atomic E-state index is 12.8. The van der Waals surface area contributed by atoms with E-state index in [1.807, 2.05) is 0 Å². The number of sulfonamides is 1. The number of carbonyl (C=O) groups is 1. The zero-order valence-electron chi connectivity index (χ0n) is 16.6. The van der Waals surface area contributed by atoms with Crippen LogP contribution >= 0.6 is 0 Å². The minimum absolute atomic E-state index is 0.123. The molecule has 1 N–H and O–H groups in total. The van der Waals surface area contributed by atoms with Crippen LogP contribution in [0.15, 0.2) is 35.4 Å². The molecule has 2 aromatic rings. The molecule has 1 aromatic heterocycles. The first-order valence-electron chi connectivity index (χ1n) is 9.14. The maximum atomic E-state index is 12.8. The topological polar surface area (TPSA) is 84.3 Å². The molecule has 148 valence electrons. The van der Waals surface area contributed by atoms with Crippen LogP contribution in [0.4, 0.5) is 5.82 Å². The Balaban J connectivity index is 2.34. The molecule has 1 aromatic carbocycles. The Hall–Kier alpha value is -2.19. The fraction of sp³-hybridized carbons (Fsp3) is 0.474. The summed E-state index contributed by atoms with van der Waals surface area (Å²) >= 11 is 0. The number of aryl methyl sites for hydroxylation is 1. The Morgan fingerprint density at radius 3 is 2.48 bits per heavy atom. The fourth-order valence-corrected chi connectivity index (χ4v) is 4.32. The molecule has 0 aliphatic heterocycles. The molecule has 0 fully saturated rings. The highest BCUT2D eigenvalue weighted by Crippen LogP contribution is 2.21. The number of aromatic nitrogens is 2. The Kier molecular flexibility index (Phi) is 6.78. The van der Waals surface area contributed by atoms with Crippen molar-refractivity contribution >= 4 is 21.7 Å². The molecule has 27 heavy (non-hydrogen) atoms. The van der Waals surface area contributed by atoms with E-state index >= 15 is 0 Å². The van der Waals surface area contributed by atoms with E-state index < -0.39 is 10.0 Å². The minimum Gasteiger partial charge on any atom is -0.307 e. The number of carbonyl (C=O) groups excluding carboxylic acids is 1. The molecule has 7 nitrogen and oxygen atoms in total. The van der Waals surface area contributed by atoms with E-state index in [4.69, 9.17) is 0 Å². The van der Waals surface area contributed by atoms with Crippen LogP contribution in [0.25, 0.3) is 0 Å². The van der Waals surface area contributed by atoms with Gasteiger partial charge in [0.25, 0.3) is 5.91 Å². The van der Waals surface area contributed by atoms with Crippen molar-refractivity contribution in [3.8, 4) is 0 Å². The van der Waals surface area contributed by atoms with Gasteiger partial charge in [0, 0.05) is 31.3 Å². The average molecular weight is 393 g/mol. The van der Waals surface area contributed by atoms with Gasteiger partial charge < -0.3 is 5.32 Å². The highest BCUT2D eigenvalue weighted by molar-refractivity contribution is 7.89. The van der Waals surface area contributed by atoms with Crippen LogP contribution in [-0.4, -0.2) is 41.5 Å². The summed E-state index contributed by atoms with van der Waals surface area (Å²) in [6, 6.07) is 6.38. The van der Waals surface area contributed by atoms with Gasteiger partial charge in [0.05, 0.1) is 11.1 Å². The molecule has 0 unspecified atom stereocenters. The molecule has 0 spiro atoms. The number of benzene rings is 1. The van der Waals surface area contributed by atoms with Crippen LogP contribution in [0.2, 0.25) is 0 Å². The van der Waals surface area contributed by atoms with Crippen molar-refractivity contribution in [3.63, 3.8) is 0 Å². The van der Waals surface area contributed by atoms with Crippen LogP contribution in [0.5, 0.6) is 0 Å². The normalized spacial score (nSPS) is 12.0. The van der Waals surface area contributed by atoms with Gasteiger partial charge in [-0.05, 0) is 30.5 Å². The Morgan fingerprint density at radius 1 is 1.22 bits per heavy atom. The van der Waals surface area contributed by atoms with Gasteiger partial charge in [-0.2, -0.15) is 9.40 Å². The maximum Gasteiger partial charge on any atom is 0.257 e. The van der Waals surface area contributed by atoms with E-state index in [-0.39, 0.29) is 10.8 Å². The van der Waals surface area contributed by atoms with Crippen molar-refractivity contribution in [1.82, 2.24) is 14.1 Å². The second kappa shape index (κ2) is 8.67. The second-order valence-electron chi connectivity index (χ2n) is 6.81. The van der Waals surface area contributed by atoms with Gasteiger partial charge in [0.1, 0.15) is 5.82 Å². The molecule has 0 saturated heterocycles. The average Bonchev–Trinajstić information content (AvgIpc) is 3.01. The minimum atomic E-state index is -3.62. The summed E-state index contributed by atoms with van der Waals surface area (Å²) < 4.78 is 28.6. The van der Waals surface area contributed by atoms with Gasteiger partial charge >= 0.3 is 0 Å². The van der Waals surface area contributed by atoms with Crippen molar-refractivity contribution in [2.24, 2.45) is 5.92 Å². The molecule has 0 aliphatic rings. The lowest BCUT2D eigenvalue weighted by Crippen LogP contribution is -2.31. The summed E-state index contributed by atoms with van der Waals surface area (Å²) in [4.78, 5) is 12.9. The van der Waals surface area contributed by atoms with E-state index in [1.54, 1.807) is 49.8 Å². The van der Waals surface area contributed by atoms with Crippen LogP contribution in [0, 0.1) is 12.8 Å². The molecule has 0 radical (unpaired) electrons. The van der Waals surface area contributed by atoms with E-state index in [2.05, 4.69) is 24.3 Å². The highest BCUT2D eigenvalue weighted by atomic mass is 32.2. The molecule has 0 atom stereocenters. The summed E-state index contributed by atoms with van der Waals surface area (Å²) in [5, 5.41) is 7.07. The summed E-state index contributed by atoms with van der Waals surface area (Å²) in [5.74, 6) is 0.615. The number of nitrogens with zero attached hydrogens (tertiary/aromatic N) is 3. The zero-order chi connectivity index (χ0) is 20.2. The van der Waals surface area contributed by atoms with Gasteiger partial charge in [-0.1, -0.05) is 33.8 Å². The third kappa shape index (κ3) is 4.75. The predicted molar refractivity (Wildman–Crippen MR) is 106 cm³/mol. The van der Waals surface area contributed by atoms with Crippen LogP contribution in [0.3, 0.4) is 0 Å². The van der Waals surface area contributed by atoms with Crippen molar-refractivity contribution in [3.05, 3.63) is 41.6 Å². The lowest BCUT2D eigenvalue weighted by Gasteiger charge is -2.19. The lowest BCUT2D eigenvalue weighted by atomic mass is 10.1. The first-order chi connectivity index (χ1) is 12.7. The first kappa shape index (κ1) is 21.1. The Morgan fingerprint density at radius 2 is 1.89 bits per heavy atom. The second-order valence-corrected chi connectivity index (χ2v) is 8.75. The van der Waals surface area contributed by atoms with Gasteiger partial charge in [0.15, 0.2) is 0 Å². The van der Waals surface area contributed by atoms with E-state index in [1.165, 1.54) is 10.4 Å². The summed E-state index contributed by atoms with van der Waals surface area (Å²) in [6.07, 6.45) is 1.63. The van der Waals surface area contributed by atoms with Crippen molar-refractivity contribution in [1.29, 1.82) is 0 Å². The van der Waals surface area contributed by atoms with Crippen molar-refractivity contribution < 1.29 is 13.2 Å². The molecule has 1 heterocycles. The smallest absolute Gasteiger partial charge is 0.257 e. The molecule has 0 saturated carbocycles. The Labute approximate surface area is 161 Å². The highest BCUT2D eigenvalue weighted by Gasteiger charge is 2.23. The third-order valence-electron chi connectivity index (χ3n) is 4.29. The Bertz CT molecular complexity index is 899. The number of hydrogen-bond donors (Lipinski definition) is 1. The summed E-state index contributed by atoms with van der Waals surface area (Å²) in [7, 11) is -3.62. The molecule has 0 aliphatic carbocycles. The van der Waals surface area contributed by atoms with Crippen LogP contribution < -0.4 is 5.32 Å². The summed E-state index contributed by atoms with van der Waals surface area (Å²) in [6.45, 7) is 10.9. The number of anilines is 1. The molecule has 1 amide bonds. The van der Waals surface area contributed by atoms with E-state index in [9.17, 15) is 13.2 Å². The number of hydrogen-bond acceptors (Lipinski definition) is 4. The third-order valence-corrected chi connectivity index (χ3v) is 6.34. The van der Waals surface area contributed by atoms with Crippen LogP contribution in [-0.2, 0) is 16.6 Å². The van der Waals surface area contributed by atoms with E-state index in [0.29, 0.717) is 42.5 Å². The number of rotatable bonds is 8. The predicted octanol–water partition coefficient (Wildman–Crippen LogP) is 3.13. The molecule has 0 bridgehead atoms. The first-order valence-corrected chi connectivity index (χ1v) is 10.6. The van der Waals surface area contributed by atoms with Gasteiger partial charge in [-0.15, -0.1) is 0 Å². The monoisotopic (exact) mass is 392 g/mol. The van der Waals surface area contributed by atoms with Crippen molar-refractivity contribution in [2.45, 2.75) is 46.1 Å². The standard InChI is InChI=1S/C19H28N4O3S/c1-6-22(7-2)27(25,26)16-9-8-15(5)17(12-16)19(24)21-18-10-11-20-23(18)13-14(3)4/h8-12,14H,6-7,13H2,1-5H3,(H,21,24). The zero-order valence-corrected chi connectivity index (χ0v) is 17.4. The lowest BCUT2D eigenvalue weighted by molar-refractivity contribution is 0.102. The molecular formula is C19H28N4O3S. The van der Waals surface area contributed by atoms with Gasteiger partial charge in [-0.3, -0.25) is 4.79 Å². The largest absolute Gasteiger partial charge is 0.307 e. The van der Waals surface area contributed by atoms with Crippen LogP contribution in [0.1, 0.15) is 43.6 Å². The quantitative estimate of drug-likeness (QED) is 0.748. The molecule has 2 rings (SSSR count). The SMILES string of the molecule is CCN(CC)S(=O)(=O)c1ccc(C)c(C(=O)Nc2ccnn2CC(C)C)c1. The molecular weight excluding hydrogens is 364 g/mol. The van der Waals surface area contributed by atoms with Gasteiger partial charge in [0.2, 0.25) is 10.0 Å². The van der Waals surface area contributed by atoms with E-state index in [0.717, 1.165) is 0 Å². The fourth-order valence-electron chi connectivity index (χ4n) is 2.83. The van der Waals surface area contributed by atoms with Gasteiger partial charge in [-0.25, -0.2) is 13.1 Å². The number of nitrogens with one attached hydrogen (secondary N) is 1.